The number of carbonyl (C=O) groups excluding carboxylic acids is 1. The van der Waals surface area contributed by atoms with Gasteiger partial charge in [-0.2, -0.15) is 0 Å². The Bertz CT molecular complexity index is 618. The highest BCUT2D eigenvalue weighted by molar-refractivity contribution is 7.99. The van der Waals surface area contributed by atoms with Crippen LogP contribution in [0.3, 0.4) is 0 Å². The van der Waals surface area contributed by atoms with Crippen molar-refractivity contribution >= 4 is 29.0 Å². The molecule has 0 spiro atoms. The predicted octanol–water partition coefficient (Wildman–Crippen LogP) is 3.12. The van der Waals surface area contributed by atoms with E-state index in [1.165, 1.54) is 16.6 Å². The van der Waals surface area contributed by atoms with E-state index < -0.39 is 0 Å². The molecule has 7 heteroatoms. The first kappa shape index (κ1) is 16.0. The largest absolute Gasteiger partial charge is 0.369 e. The van der Waals surface area contributed by atoms with Crippen molar-refractivity contribution in [2.75, 3.05) is 5.75 Å². The molecule has 5 nitrogen and oxygen atoms in total. The maximum atomic E-state index is 10.9. The van der Waals surface area contributed by atoms with Crippen molar-refractivity contribution in [3.63, 3.8) is 0 Å². The Labute approximate surface area is 132 Å². The van der Waals surface area contributed by atoms with Gasteiger partial charge in [-0.1, -0.05) is 32.5 Å². The third-order valence-corrected chi connectivity index (χ3v) is 5.18. The third-order valence-electron chi connectivity index (χ3n) is 2.95. The van der Waals surface area contributed by atoms with Gasteiger partial charge in [0.2, 0.25) is 5.91 Å². The molecule has 2 N–H and O–H groups in total. The number of hydrogen-bond acceptors (Lipinski definition) is 5. The monoisotopic (exact) mass is 324 g/mol. The van der Waals surface area contributed by atoms with Crippen LogP contribution in [0.15, 0.2) is 16.6 Å². The summed E-state index contributed by atoms with van der Waals surface area (Å²) in [5.74, 6) is 1.26. The zero-order chi connectivity index (χ0) is 15.4. The molecule has 0 aliphatic rings. The highest BCUT2D eigenvalue weighted by Gasteiger charge is 2.16. The molecule has 0 saturated carbocycles. The van der Waals surface area contributed by atoms with Crippen LogP contribution in [0.25, 0.3) is 11.4 Å². The minimum atomic E-state index is -0.342. The number of amides is 1. The van der Waals surface area contributed by atoms with Crippen molar-refractivity contribution in [1.82, 2.24) is 14.8 Å². The summed E-state index contributed by atoms with van der Waals surface area (Å²) in [5, 5.41) is 11.4. The molecule has 2 aromatic heterocycles. The molecule has 0 aliphatic heterocycles. The number of hydrogen-bond donors (Lipinski definition) is 1. The Morgan fingerprint density at radius 2 is 2.24 bits per heavy atom. The second-order valence-electron chi connectivity index (χ2n) is 5.11. The molecule has 0 unspecified atom stereocenters. The molecule has 2 heterocycles. The standard InChI is InChI=1S/C14H20N4OS2/c1-4-5-18-13(10-6-11(9(2)3)20-7-10)16-17-14(18)21-8-12(15)19/h6-7,9H,4-5,8H2,1-3H3,(H2,15,19). The maximum absolute atomic E-state index is 10.9. The molecule has 114 valence electrons. The van der Waals surface area contributed by atoms with E-state index in [0.29, 0.717) is 5.92 Å². The van der Waals surface area contributed by atoms with Crippen molar-refractivity contribution in [1.29, 1.82) is 0 Å². The Balaban J connectivity index is 2.31. The van der Waals surface area contributed by atoms with E-state index in [1.807, 2.05) is 0 Å². The van der Waals surface area contributed by atoms with Crippen LogP contribution in [0.1, 0.15) is 38.0 Å². The Hall–Kier alpha value is -1.34. The topological polar surface area (TPSA) is 73.8 Å². The van der Waals surface area contributed by atoms with E-state index in [9.17, 15) is 4.79 Å². The first-order chi connectivity index (χ1) is 10.0. The summed E-state index contributed by atoms with van der Waals surface area (Å²) in [5.41, 5.74) is 6.30. The number of nitrogens with zero attached hydrogens (tertiary/aromatic N) is 3. The number of aromatic nitrogens is 3. The SMILES string of the molecule is CCCn1c(SCC(N)=O)nnc1-c1csc(C(C)C)c1. The Kier molecular flexibility index (Phi) is 5.41. The quantitative estimate of drug-likeness (QED) is 0.794. The molecule has 0 fully saturated rings. The number of carbonyl (C=O) groups is 1. The van der Waals surface area contributed by atoms with Gasteiger partial charge in [0.1, 0.15) is 0 Å². The summed E-state index contributed by atoms with van der Waals surface area (Å²) in [7, 11) is 0. The van der Waals surface area contributed by atoms with Crippen LogP contribution < -0.4 is 5.73 Å². The van der Waals surface area contributed by atoms with E-state index in [2.05, 4.69) is 47.0 Å². The average molecular weight is 324 g/mol. The van der Waals surface area contributed by atoms with Crippen LogP contribution in [0.5, 0.6) is 0 Å². The lowest BCUT2D eigenvalue weighted by atomic mass is 10.1. The van der Waals surface area contributed by atoms with Crippen molar-refractivity contribution < 1.29 is 4.79 Å². The lowest BCUT2D eigenvalue weighted by Gasteiger charge is -2.07. The second kappa shape index (κ2) is 7.09. The van der Waals surface area contributed by atoms with Gasteiger partial charge >= 0.3 is 0 Å². The minimum Gasteiger partial charge on any atom is -0.369 e. The lowest BCUT2D eigenvalue weighted by Crippen LogP contribution is -2.14. The normalized spacial score (nSPS) is 11.2. The van der Waals surface area contributed by atoms with Crippen LogP contribution in [0, 0.1) is 0 Å². The molecule has 21 heavy (non-hydrogen) atoms. The molecular weight excluding hydrogens is 304 g/mol. The first-order valence-corrected chi connectivity index (χ1v) is 8.82. The van der Waals surface area contributed by atoms with Crippen molar-refractivity contribution in [2.45, 2.75) is 44.8 Å². The number of thiophene rings is 1. The molecular formula is C14H20N4OS2. The highest BCUT2D eigenvalue weighted by atomic mass is 32.2. The van der Waals surface area contributed by atoms with Gasteiger partial charge in [-0.15, -0.1) is 21.5 Å². The lowest BCUT2D eigenvalue weighted by molar-refractivity contribution is -0.115. The van der Waals surface area contributed by atoms with E-state index in [0.717, 1.165) is 29.5 Å². The fraction of sp³-hybridized carbons (Fsp3) is 0.500. The number of thioether (sulfide) groups is 1. The summed E-state index contributed by atoms with van der Waals surface area (Å²) in [4.78, 5) is 12.3. The van der Waals surface area contributed by atoms with Crippen molar-refractivity contribution in [2.24, 2.45) is 5.73 Å². The van der Waals surface area contributed by atoms with Crippen LogP contribution in [0.4, 0.5) is 0 Å². The second-order valence-corrected chi connectivity index (χ2v) is 6.99. The molecule has 0 atom stereocenters. The average Bonchev–Trinajstić information content (AvgIpc) is 3.03. The van der Waals surface area contributed by atoms with Gasteiger partial charge in [0.05, 0.1) is 5.75 Å². The molecule has 0 bridgehead atoms. The number of nitrogens with two attached hydrogens (primary N) is 1. The van der Waals surface area contributed by atoms with E-state index in [4.69, 9.17) is 5.73 Å². The summed E-state index contributed by atoms with van der Waals surface area (Å²) >= 11 is 3.09. The van der Waals surface area contributed by atoms with Crippen molar-refractivity contribution in [3.05, 3.63) is 16.3 Å². The van der Waals surface area contributed by atoms with Gasteiger partial charge in [0.15, 0.2) is 11.0 Å². The van der Waals surface area contributed by atoms with Gasteiger partial charge in [-0.25, -0.2) is 0 Å². The molecule has 1 amide bonds. The highest BCUT2D eigenvalue weighted by Crippen LogP contribution is 2.31. The van der Waals surface area contributed by atoms with Crippen LogP contribution in [-0.2, 0) is 11.3 Å². The van der Waals surface area contributed by atoms with E-state index >= 15 is 0 Å². The molecule has 0 radical (unpaired) electrons. The molecule has 0 aliphatic carbocycles. The van der Waals surface area contributed by atoms with Gasteiger partial charge in [0, 0.05) is 22.4 Å². The predicted molar refractivity (Wildman–Crippen MR) is 87.6 cm³/mol. The first-order valence-electron chi connectivity index (χ1n) is 6.96. The molecule has 0 aromatic carbocycles. The minimum absolute atomic E-state index is 0.225. The Morgan fingerprint density at radius 1 is 1.48 bits per heavy atom. The van der Waals surface area contributed by atoms with Crippen LogP contribution >= 0.6 is 23.1 Å². The smallest absolute Gasteiger partial charge is 0.227 e. The van der Waals surface area contributed by atoms with Crippen LogP contribution in [0.2, 0.25) is 0 Å². The van der Waals surface area contributed by atoms with E-state index in [-0.39, 0.29) is 11.7 Å². The fourth-order valence-electron chi connectivity index (χ4n) is 1.94. The van der Waals surface area contributed by atoms with Gasteiger partial charge in [-0.3, -0.25) is 4.79 Å². The third kappa shape index (κ3) is 3.85. The van der Waals surface area contributed by atoms with E-state index in [1.54, 1.807) is 11.3 Å². The molecule has 0 saturated heterocycles. The molecule has 2 aromatic rings. The summed E-state index contributed by atoms with van der Waals surface area (Å²) in [6.07, 6.45) is 0.982. The van der Waals surface area contributed by atoms with Gasteiger partial charge in [-0.05, 0) is 18.4 Å². The maximum Gasteiger partial charge on any atom is 0.227 e. The fourth-order valence-corrected chi connectivity index (χ4v) is 3.55. The summed E-state index contributed by atoms with van der Waals surface area (Å²) in [6, 6.07) is 2.17. The Morgan fingerprint density at radius 3 is 2.81 bits per heavy atom. The van der Waals surface area contributed by atoms with Crippen molar-refractivity contribution in [3.8, 4) is 11.4 Å². The summed E-state index contributed by atoms with van der Waals surface area (Å²) < 4.78 is 2.07. The van der Waals surface area contributed by atoms with Gasteiger partial charge < -0.3 is 10.3 Å². The van der Waals surface area contributed by atoms with Gasteiger partial charge in [0.25, 0.3) is 0 Å². The summed E-state index contributed by atoms with van der Waals surface area (Å²) in [6.45, 7) is 7.30. The zero-order valence-corrected chi connectivity index (χ0v) is 14.1. The van der Waals surface area contributed by atoms with Crippen LogP contribution in [-0.4, -0.2) is 26.4 Å². The zero-order valence-electron chi connectivity index (χ0n) is 12.5. The number of primary amides is 1. The number of rotatable bonds is 7. The molecule has 2 rings (SSSR count).